The Kier molecular flexibility index (Phi) is 0.278. The summed E-state index contributed by atoms with van der Waals surface area (Å²) in [6, 6.07) is 0. The van der Waals surface area contributed by atoms with Crippen molar-refractivity contribution in [3.8, 4) is 0 Å². The van der Waals surface area contributed by atoms with E-state index in [4.69, 9.17) is 0 Å². The molecule has 5 rings (SSSR count). The molecule has 0 aliphatic heterocycles. The monoisotopic (exact) mass is 136 g/mol. The van der Waals surface area contributed by atoms with Crippen LogP contribution in [0.25, 0.3) is 0 Å². The van der Waals surface area contributed by atoms with Crippen LogP contribution in [0.2, 0.25) is 0 Å². The first-order valence-electron chi connectivity index (χ1n) is 3.55. The zero-order valence-corrected chi connectivity index (χ0v) is 5.02. The standard InChI is InChI=1S/C6H4N2O2/c9-7-5-2-1-3(2)6(5,8-10)4(1)5/h1-4H. The summed E-state index contributed by atoms with van der Waals surface area (Å²) >= 11 is 0. The molecule has 0 bridgehead atoms. The topological polar surface area (TPSA) is 58.9 Å². The molecule has 5 aliphatic rings. The molecule has 0 spiro atoms. The van der Waals surface area contributed by atoms with Gasteiger partial charge in [-0.2, -0.15) is 9.81 Å². The van der Waals surface area contributed by atoms with Gasteiger partial charge >= 0.3 is 0 Å². The fourth-order valence-corrected chi connectivity index (χ4v) is 3.99. The molecule has 5 fully saturated rings. The third kappa shape index (κ3) is 0.110. The minimum absolute atomic E-state index is 0.296. The molecule has 0 amide bonds. The summed E-state index contributed by atoms with van der Waals surface area (Å²) in [5, 5.41) is 6.10. The number of hydrogen-bond donors (Lipinski definition) is 0. The highest BCUT2D eigenvalue weighted by Crippen LogP contribution is 3.06. The molecule has 0 heterocycles. The van der Waals surface area contributed by atoms with Crippen molar-refractivity contribution in [1.29, 1.82) is 0 Å². The number of hydrogen-bond acceptors (Lipinski definition) is 4. The summed E-state index contributed by atoms with van der Waals surface area (Å²) in [4.78, 5) is 20.6. The molecule has 4 heteroatoms. The van der Waals surface area contributed by atoms with Gasteiger partial charge in [-0.15, -0.1) is 0 Å². The van der Waals surface area contributed by atoms with Crippen molar-refractivity contribution in [3.05, 3.63) is 9.81 Å². The molecule has 0 aromatic rings. The van der Waals surface area contributed by atoms with Gasteiger partial charge in [0.05, 0.1) is 0 Å². The normalized spacial score (nSPS) is 83.6. The molecule has 0 radical (unpaired) electrons. The molecule has 0 saturated heterocycles. The van der Waals surface area contributed by atoms with E-state index in [2.05, 4.69) is 10.4 Å². The van der Waals surface area contributed by atoms with Gasteiger partial charge in [-0.1, -0.05) is 10.4 Å². The summed E-state index contributed by atoms with van der Waals surface area (Å²) in [6.07, 6.45) is 0. The van der Waals surface area contributed by atoms with Crippen LogP contribution in [0.4, 0.5) is 0 Å². The van der Waals surface area contributed by atoms with Crippen molar-refractivity contribution in [2.75, 3.05) is 0 Å². The zero-order chi connectivity index (χ0) is 6.72. The molecule has 50 valence electrons. The third-order valence-electron chi connectivity index (χ3n) is 4.29. The predicted octanol–water partition coefficient (Wildman–Crippen LogP) is 0.516. The zero-order valence-electron chi connectivity index (χ0n) is 5.02. The van der Waals surface area contributed by atoms with Gasteiger partial charge < -0.3 is 0 Å². The Labute approximate surface area is 55.9 Å². The maximum absolute atomic E-state index is 10.3. The molecular formula is C6H4N2O2. The predicted molar refractivity (Wildman–Crippen MR) is 31.0 cm³/mol. The van der Waals surface area contributed by atoms with E-state index in [0.29, 0.717) is 23.7 Å². The molecule has 5 aliphatic carbocycles. The SMILES string of the molecule is O=NC12C3C4C3C1(N=O)C42. The smallest absolute Gasteiger partial charge is 0.141 e. The summed E-state index contributed by atoms with van der Waals surface area (Å²) in [5.41, 5.74) is -0.881. The van der Waals surface area contributed by atoms with Crippen LogP contribution >= 0.6 is 0 Å². The van der Waals surface area contributed by atoms with Crippen LogP contribution in [0.1, 0.15) is 0 Å². The molecular weight excluding hydrogens is 132 g/mol. The van der Waals surface area contributed by atoms with Crippen LogP contribution in [0, 0.1) is 33.5 Å². The van der Waals surface area contributed by atoms with E-state index in [9.17, 15) is 9.81 Å². The maximum atomic E-state index is 10.3. The lowest BCUT2D eigenvalue weighted by atomic mass is 9.88. The summed E-state index contributed by atoms with van der Waals surface area (Å²) < 4.78 is 0. The Hall–Kier alpha value is -0.800. The van der Waals surface area contributed by atoms with E-state index < -0.39 is 11.1 Å². The van der Waals surface area contributed by atoms with Gasteiger partial charge in [0.1, 0.15) is 11.1 Å². The van der Waals surface area contributed by atoms with Gasteiger partial charge in [-0.25, -0.2) is 0 Å². The average molecular weight is 136 g/mol. The molecule has 4 nitrogen and oxygen atoms in total. The van der Waals surface area contributed by atoms with Gasteiger partial charge in [-0.3, -0.25) is 0 Å². The van der Waals surface area contributed by atoms with E-state index in [1.807, 2.05) is 0 Å². The second kappa shape index (κ2) is 0.669. The van der Waals surface area contributed by atoms with Crippen molar-refractivity contribution in [3.63, 3.8) is 0 Å². The van der Waals surface area contributed by atoms with Crippen LogP contribution in [0.15, 0.2) is 10.4 Å². The van der Waals surface area contributed by atoms with Crippen molar-refractivity contribution in [1.82, 2.24) is 0 Å². The largest absolute Gasteiger partial charge is 0.150 e. The van der Waals surface area contributed by atoms with E-state index in [-0.39, 0.29) is 0 Å². The van der Waals surface area contributed by atoms with E-state index >= 15 is 0 Å². The number of nitrogens with zero attached hydrogens (tertiary/aromatic N) is 2. The quantitative estimate of drug-likeness (QED) is 0.519. The highest BCUT2D eigenvalue weighted by Gasteiger charge is 3.18. The first-order valence-corrected chi connectivity index (χ1v) is 3.55. The lowest BCUT2D eigenvalue weighted by molar-refractivity contribution is 0.320. The molecule has 0 aromatic heterocycles. The van der Waals surface area contributed by atoms with Gasteiger partial charge in [0.15, 0.2) is 0 Å². The first-order chi connectivity index (χ1) is 4.86. The molecule has 10 heavy (non-hydrogen) atoms. The minimum atomic E-state index is -0.440. The first kappa shape index (κ1) is 4.16. The number of rotatable bonds is 2. The molecule has 0 N–H and O–H groups in total. The summed E-state index contributed by atoms with van der Waals surface area (Å²) in [6.45, 7) is 0. The van der Waals surface area contributed by atoms with Gasteiger partial charge in [-0.05, 0) is 17.8 Å². The van der Waals surface area contributed by atoms with Crippen molar-refractivity contribution in [2.24, 2.45) is 34.0 Å². The molecule has 4 unspecified atom stereocenters. The Morgan fingerprint density at radius 1 is 1.00 bits per heavy atom. The lowest BCUT2D eigenvalue weighted by Crippen LogP contribution is -2.36. The Bertz CT molecular complexity index is 276. The van der Waals surface area contributed by atoms with Crippen LogP contribution in [0.5, 0.6) is 0 Å². The highest BCUT2D eigenvalue weighted by atomic mass is 16.3. The van der Waals surface area contributed by atoms with Crippen LogP contribution in [0.3, 0.4) is 0 Å². The van der Waals surface area contributed by atoms with E-state index in [1.54, 1.807) is 0 Å². The second-order valence-corrected chi connectivity index (χ2v) is 3.94. The molecule has 5 saturated carbocycles. The number of nitroso groups, excluding NO2 is 2. The van der Waals surface area contributed by atoms with Crippen molar-refractivity contribution < 1.29 is 0 Å². The maximum Gasteiger partial charge on any atom is 0.141 e. The average Bonchev–Trinajstić information content (AvgIpc) is 2.41. The Morgan fingerprint density at radius 2 is 1.50 bits per heavy atom. The highest BCUT2D eigenvalue weighted by molar-refractivity contribution is 5.68. The minimum Gasteiger partial charge on any atom is -0.150 e. The van der Waals surface area contributed by atoms with E-state index in [0.717, 1.165) is 0 Å². The second-order valence-electron chi connectivity index (χ2n) is 3.94. The van der Waals surface area contributed by atoms with Crippen molar-refractivity contribution >= 4 is 0 Å². The molecule has 0 aromatic carbocycles. The van der Waals surface area contributed by atoms with Gasteiger partial charge in [0.25, 0.3) is 0 Å². The fourth-order valence-electron chi connectivity index (χ4n) is 3.99. The molecule has 4 atom stereocenters. The van der Waals surface area contributed by atoms with Crippen LogP contribution in [-0.2, 0) is 0 Å². The van der Waals surface area contributed by atoms with Gasteiger partial charge in [0.2, 0.25) is 0 Å². The van der Waals surface area contributed by atoms with Crippen molar-refractivity contribution in [2.45, 2.75) is 11.1 Å². The summed E-state index contributed by atoms with van der Waals surface area (Å²) in [5.74, 6) is 1.97. The Morgan fingerprint density at radius 3 is 1.80 bits per heavy atom. The Balaban J connectivity index is 1.97. The van der Waals surface area contributed by atoms with Crippen LogP contribution in [-0.4, -0.2) is 11.1 Å². The third-order valence-corrected chi connectivity index (χ3v) is 4.29. The lowest BCUT2D eigenvalue weighted by Gasteiger charge is -2.21. The fraction of sp³-hybridized carbons (Fsp3) is 1.00. The van der Waals surface area contributed by atoms with E-state index in [1.165, 1.54) is 0 Å². The summed E-state index contributed by atoms with van der Waals surface area (Å²) in [7, 11) is 0. The van der Waals surface area contributed by atoms with Crippen LogP contribution < -0.4 is 0 Å². The van der Waals surface area contributed by atoms with Gasteiger partial charge in [0, 0.05) is 5.92 Å².